The third-order valence-electron chi connectivity index (χ3n) is 4.67. The molecule has 3 aromatic rings. The molecule has 2 aromatic carbocycles. The number of methoxy groups -OCH3 is 1. The molecule has 0 saturated carbocycles. The Kier molecular flexibility index (Phi) is 6.77. The fraction of sp³-hybridized carbons (Fsp3) is 0.333. The average Bonchev–Trinajstić information content (AvgIpc) is 2.70. The summed E-state index contributed by atoms with van der Waals surface area (Å²) in [5, 5.41) is 0.812. The van der Waals surface area contributed by atoms with Gasteiger partial charge in [-0.2, -0.15) is 0 Å². The topological polar surface area (TPSA) is 75.0 Å². The van der Waals surface area contributed by atoms with Crippen molar-refractivity contribution in [3.8, 4) is 11.5 Å². The van der Waals surface area contributed by atoms with Crippen LogP contribution >= 0.6 is 0 Å². The number of rotatable bonds is 8. The third-order valence-corrected chi connectivity index (χ3v) is 4.67. The zero-order valence-corrected chi connectivity index (χ0v) is 17.7. The lowest BCUT2D eigenvalue weighted by Crippen LogP contribution is -2.12. The second-order valence-electron chi connectivity index (χ2n) is 7.34. The molecule has 1 aromatic heterocycles. The molecule has 0 amide bonds. The quantitative estimate of drug-likeness (QED) is 0.400. The number of carbonyl (C=O) groups excluding carboxylic acids is 1. The van der Waals surface area contributed by atoms with Gasteiger partial charge in [-0.3, -0.25) is 4.79 Å². The maximum Gasteiger partial charge on any atom is 0.336 e. The van der Waals surface area contributed by atoms with Crippen LogP contribution in [0.3, 0.4) is 0 Å². The predicted octanol–water partition coefficient (Wildman–Crippen LogP) is 4.57. The van der Waals surface area contributed by atoms with Crippen LogP contribution in [-0.4, -0.2) is 19.2 Å². The summed E-state index contributed by atoms with van der Waals surface area (Å²) < 4.78 is 22.1. The molecule has 0 aliphatic rings. The Morgan fingerprint density at radius 1 is 1.07 bits per heavy atom. The Morgan fingerprint density at radius 2 is 1.83 bits per heavy atom. The van der Waals surface area contributed by atoms with E-state index in [4.69, 9.17) is 18.6 Å². The number of benzene rings is 2. The second-order valence-corrected chi connectivity index (χ2v) is 7.34. The van der Waals surface area contributed by atoms with E-state index in [0.29, 0.717) is 17.8 Å². The van der Waals surface area contributed by atoms with Crippen LogP contribution in [0.5, 0.6) is 11.5 Å². The van der Waals surface area contributed by atoms with Crippen LogP contribution in [0.2, 0.25) is 0 Å². The van der Waals surface area contributed by atoms with Crippen molar-refractivity contribution in [1.82, 2.24) is 0 Å². The van der Waals surface area contributed by atoms with E-state index in [2.05, 4.69) is 0 Å². The van der Waals surface area contributed by atoms with E-state index < -0.39 is 5.63 Å². The Morgan fingerprint density at radius 3 is 2.57 bits per heavy atom. The lowest BCUT2D eigenvalue weighted by Gasteiger charge is -2.15. The summed E-state index contributed by atoms with van der Waals surface area (Å²) in [5.41, 5.74) is 2.57. The van der Waals surface area contributed by atoms with Gasteiger partial charge in [0, 0.05) is 29.5 Å². The van der Waals surface area contributed by atoms with Crippen LogP contribution in [0.25, 0.3) is 11.0 Å². The van der Waals surface area contributed by atoms with Crippen LogP contribution in [0.1, 0.15) is 37.0 Å². The highest BCUT2D eigenvalue weighted by molar-refractivity contribution is 5.83. The van der Waals surface area contributed by atoms with Crippen molar-refractivity contribution in [2.24, 2.45) is 0 Å². The zero-order chi connectivity index (χ0) is 21.7. The molecule has 0 aliphatic carbocycles. The summed E-state index contributed by atoms with van der Waals surface area (Å²) in [5.74, 6) is 1.01. The smallest absolute Gasteiger partial charge is 0.336 e. The molecule has 0 fully saturated rings. The van der Waals surface area contributed by atoms with Crippen molar-refractivity contribution in [1.29, 1.82) is 0 Å². The van der Waals surface area contributed by atoms with Gasteiger partial charge >= 0.3 is 11.6 Å². The monoisotopic (exact) mass is 410 g/mol. The highest BCUT2D eigenvalue weighted by Gasteiger charge is 2.14. The molecular weight excluding hydrogens is 384 g/mol. The van der Waals surface area contributed by atoms with Crippen molar-refractivity contribution in [3.63, 3.8) is 0 Å². The minimum atomic E-state index is -0.413. The van der Waals surface area contributed by atoms with E-state index in [9.17, 15) is 9.59 Å². The summed E-state index contributed by atoms with van der Waals surface area (Å²) in [4.78, 5) is 23.8. The molecule has 158 valence electrons. The first-order valence-corrected chi connectivity index (χ1v) is 9.89. The molecule has 1 heterocycles. The first kappa shape index (κ1) is 21.4. The number of esters is 1. The normalized spacial score (nSPS) is 11.0. The van der Waals surface area contributed by atoms with Crippen LogP contribution in [0, 0.1) is 6.92 Å². The molecule has 0 unspecified atom stereocenters. The summed E-state index contributed by atoms with van der Waals surface area (Å²) >= 11 is 0. The molecule has 3 rings (SSSR count). The molecule has 0 N–H and O–H groups in total. The van der Waals surface area contributed by atoms with E-state index >= 15 is 0 Å². The maximum atomic E-state index is 12.0. The average molecular weight is 410 g/mol. The summed E-state index contributed by atoms with van der Waals surface area (Å²) in [6.45, 7) is 5.77. The van der Waals surface area contributed by atoms with E-state index in [1.54, 1.807) is 13.2 Å². The van der Waals surface area contributed by atoms with Gasteiger partial charge in [0.25, 0.3) is 0 Å². The lowest BCUT2D eigenvalue weighted by molar-refractivity contribution is -0.147. The Hall–Kier alpha value is -3.28. The van der Waals surface area contributed by atoms with Gasteiger partial charge < -0.3 is 18.6 Å². The van der Waals surface area contributed by atoms with Gasteiger partial charge in [-0.25, -0.2) is 4.79 Å². The van der Waals surface area contributed by atoms with Crippen molar-refractivity contribution in [2.45, 2.75) is 46.3 Å². The highest BCUT2D eigenvalue weighted by Crippen LogP contribution is 2.30. The van der Waals surface area contributed by atoms with Crippen molar-refractivity contribution >= 4 is 16.9 Å². The number of ether oxygens (including phenoxy) is 3. The standard InChI is InChI=1S/C24H26O6/c1-15(2)29-23(25)10-9-17-12-19-16(3)11-24(26)30-22(19)13-21(17)28-14-18-7-5-6-8-20(18)27-4/h5-8,11-13,15H,9-10,14H2,1-4H3. The van der Waals surface area contributed by atoms with Gasteiger partial charge in [-0.15, -0.1) is 0 Å². The summed E-state index contributed by atoms with van der Waals surface area (Å²) in [6.07, 6.45) is 0.512. The van der Waals surface area contributed by atoms with E-state index in [1.165, 1.54) is 6.07 Å². The largest absolute Gasteiger partial charge is 0.496 e. The fourth-order valence-electron chi connectivity index (χ4n) is 3.26. The van der Waals surface area contributed by atoms with Gasteiger partial charge in [0.05, 0.1) is 13.2 Å². The third kappa shape index (κ3) is 5.20. The molecule has 6 nitrogen and oxygen atoms in total. The molecular formula is C24H26O6. The van der Waals surface area contributed by atoms with Gasteiger partial charge in [0.15, 0.2) is 0 Å². The van der Waals surface area contributed by atoms with Crippen LogP contribution < -0.4 is 15.1 Å². The van der Waals surface area contributed by atoms with Crippen molar-refractivity contribution < 1.29 is 23.4 Å². The SMILES string of the molecule is COc1ccccc1COc1cc2oc(=O)cc(C)c2cc1CCC(=O)OC(C)C. The molecule has 30 heavy (non-hydrogen) atoms. The number of hydrogen-bond donors (Lipinski definition) is 0. The van der Waals surface area contributed by atoms with E-state index in [0.717, 1.165) is 27.8 Å². The van der Waals surface area contributed by atoms with Gasteiger partial charge in [-0.1, -0.05) is 18.2 Å². The highest BCUT2D eigenvalue weighted by atomic mass is 16.5. The number of fused-ring (bicyclic) bond motifs is 1. The number of hydrogen-bond acceptors (Lipinski definition) is 6. The predicted molar refractivity (Wildman–Crippen MR) is 114 cm³/mol. The molecule has 0 saturated heterocycles. The molecule has 0 radical (unpaired) electrons. The van der Waals surface area contributed by atoms with E-state index in [-0.39, 0.29) is 25.1 Å². The fourth-order valence-corrected chi connectivity index (χ4v) is 3.26. The molecule has 6 heteroatoms. The Labute approximate surface area is 175 Å². The first-order chi connectivity index (χ1) is 14.4. The van der Waals surface area contributed by atoms with Crippen molar-refractivity contribution in [3.05, 3.63) is 69.6 Å². The Balaban J connectivity index is 1.92. The van der Waals surface area contributed by atoms with Crippen LogP contribution in [-0.2, 0) is 22.6 Å². The number of aryl methyl sites for hydroxylation is 2. The lowest BCUT2D eigenvalue weighted by atomic mass is 10.0. The minimum absolute atomic E-state index is 0.160. The second kappa shape index (κ2) is 9.48. The summed E-state index contributed by atoms with van der Waals surface area (Å²) in [6, 6.07) is 12.7. The molecule has 0 atom stereocenters. The summed E-state index contributed by atoms with van der Waals surface area (Å²) in [7, 11) is 1.61. The van der Waals surface area contributed by atoms with Crippen molar-refractivity contribution in [2.75, 3.05) is 7.11 Å². The van der Waals surface area contributed by atoms with E-state index in [1.807, 2.05) is 51.1 Å². The number of carbonyl (C=O) groups is 1. The van der Waals surface area contributed by atoms with Gasteiger partial charge in [-0.05, 0) is 50.5 Å². The minimum Gasteiger partial charge on any atom is -0.496 e. The first-order valence-electron chi connectivity index (χ1n) is 9.89. The van der Waals surface area contributed by atoms with Crippen LogP contribution in [0.4, 0.5) is 0 Å². The van der Waals surface area contributed by atoms with Gasteiger partial charge in [0.1, 0.15) is 23.7 Å². The number of para-hydroxylation sites is 1. The molecule has 0 bridgehead atoms. The Bertz CT molecular complexity index is 1100. The zero-order valence-electron chi connectivity index (χ0n) is 17.7. The van der Waals surface area contributed by atoms with Crippen LogP contribution in [0.15, 0.2) is 51.7 Å². The van der Waals surface area contributed by atoms with Gasteiger partial charge in [0.2, 0.25) is 0 Å². The molecule has 0 spiro atoms. The molecule has 0 aliphatic heterocycles. The maximum absolute atomic E-state index is 12.0.